The maximum absolute atomic E-state index is 12.1. The summed E-state index contributed by atoms with van der Waals surface area (Å²) in [5.74, 6) is 1.22. The van der Waals surface area contributed by atoms with E-state index < -0.39 is 0 Å². The van der Waals surface area contributed by atoms with E-state index in [-0.39, 0.29) is 17.9 Å². The average molecular weight is 324 g/mol. The molecule has 0 radical (unpaired) electrons. The zero-order valence-electron chi connectivity index (χ0n) is 13.8. The van der Waals surface area contributed by atoms with E-state index in [4.69, 9.17) is 5.26 Å². The number of likely N-dealkylation sites (tertiary alicyclic amines) is 1. The van der Waals surface area contributed by atoms with Gasteiger partial charge in [-0.15, -0.1) is 0 Å². The molecule has 1 saturated heterocycles. The molecule has 0 aliphatic carbocycles. The Kier molecular flexibility index (Phi) is 4.47. The average Bonchev–Trinajstić information content (AvgIpc) is 3.02. The van der Waals surface area contributed by atoms with Crippen molar-refractivity contribution in [2.45, 2.75) is 18.9 Å². The van der Waals surface area contributed by atoms with Crippen molar-refractivity contribution in [1.29, 1.82) is 5.26 Å². The molecule has 7 nitrogen and oxygen atoms in total. The van der Waals surface area contributed by atoms with Gasteiger partial charge in [0, 0.05) is 51.6 Å². The van der Waals surface area contributed by atoms with Gasteiger partial charge in [-0.05, 0) is 18.6 Å². The number of nitrogens with zero attached hydrogens (tertiary/aromatic N) is 5. The number of piperidine rings is 1. The van der Waals surface area contributed by atoms with Crippen LogP contribution in [-0.2, 0) is 11.8 Å². The number of hydrogen-bond acceptors (Lipinski definition) is 5. The molecular weight excluding hydrogens is 304 g/mol. The van der Waals surface area contributed by atoms with E-state index in [2.05, 4.69) is 21.4 Å². The van der Waals surface area contributed by atoms with Crippen LogP contribution < -0.4 is 5.32 Å². The molecule has 2 aromatic heterocycles. The number of aryl methyl sites for hydroxylation is 1. The number of carbonyl (C=O) groups is 1. The molecule has 2 aromatic rings. The summed E-state index contributed by atoms with van der Waals surface area (Å²) >= 11 is 0. The van der Waals surface area contributed by atoms with E-state index in [9.17, 15) is 4.79 Å². The van der Waals surface area contributed by atoms with Gasteiger partial charge in [-0.3, -0.25) is 4.79 Å². The van der Waals surface area contributed by atoms with Gasteiger partial charge < -0.3 is 14.8 Å². The second kappa shape index (κ2) is 6.71. The maximum Gasteiger partial charge on any atom is 0.222 e. The Morgan fingerprint density at radius 3 is 2.92 bits per heavy atom. The third kappa shape index (κ3) is 2.95. The first-order valence-corrected chi connectivity index (χ1v) is 7.93. The van der Waals surface area contributed by atoms with Crippen LogP contribution in [0.15, 0.2) is 30.7 Å². The second-order valence-corrected chi connectivity index (χ2v) is 6.04. The van der Waals surface area contributed by atoms with Crippen LogP contribution in [0.1, 0.15) is 30.4 Å². The molecule has 0 aromatic carbocycles. The Morgan fingerprint density at radius 2 is 2.21 bits per heavy atom. The number of rotatable bonds is 4. The zero-order chi connectivity index (χ0) is 17.1. The molecule has 1 amide bonds. The number of pyridine rings is 1. The van der Waals surface area contributed by atoms with Gasteiger partial charge in [0.05, 0.1) is 11.7 Å². The van der Waals surface area contributed by atoms with Gasteiger partial charge >= 0.3 is 0 Å². The summed E-state index contributed by atoms with van der Waals surface area (Å²) in [5.41, 5.74) is 1.10. The van der Waals surface area contributed by atoms with Crippen LogP contribution in [0.3, 0.4) is 0 Å². The van der Waals surface area contributed by atoms with E-state index in [1.54, 1.807) is 23.4 Å². The van der Waals surface area contributed by atoms with Gasteiger partial charge in [-0.25, -0.2) is 9.97 Å². The molecule has 0 spiro atoms. The fourth-order valence-corrected chi connectivity index (χ4v) is 3.25. The quantitative estimate of drug-likeness (QED) is 0.925. The minimum atomic E-state index is -0.0824. The van der Waals surface area contributed by atoms with Gasteiger partial charge in [0.15, 0.2) is 5.69 Å². The van der Waals surface area contributed by atoms with E-state index >= 15 is 0 Å². The minimum Gasteiger partial charge on any atom is -0.382 e. The van der Waals surface area contributed by atoms with Crippen molar-refractivity contribution in [1.82, 2.24) is 19.4 Å². The summed E-state index contributed by atoms with van der Waals surface area (Å²) in [6, 6.07) is 5.66. The lowest BCUT2D eigenvalue weighted by Crippen LogP contribution is -2.43. The lowest BCUT2D eigenvalue weighted by atomic mass is 9.88. The summed E-state index contributed by atoms with van der Waals surface area (Å²) < 4.78 is 1.96. The Hall–Kier alpha value is -2.88. The molecule has 1 N–H and O–H groups in total. The van der Waals surface area contributed by atoms with Crippen molar-refractivity contribution >= 4 is 11.6 Å². The van der Waals surface area contributed by atoms with E-state index in [0.717, 1.165) is 17.9 Å². The highest BCUT2D eigenvalue weighted by atomic mass is 16.2. The Balaban J connectivity index is 1.81. The monoisotopic (exact) mass is 324 g/mol. The van der Waals surface area contributed by atoms with Crippen LogP contribution in [0, 0.1) is 17.2 Å². The molecule has 0 unspecified atom stereocenters. The summed E-state index contributed by atoms with van der Waals surface area (Å²) in [6.45, 7) is 0.648. The SMILES string of the molecule is CN1C(=O)CC[C@H](CNc2cccnc2C#N)[C@H]1c1nccn1C. The van der Waals surface area contributed by atoms with Crippen LogP contribution in [0.4, 0.5) is 5.69 Å². The predicted molar refractivity (Wildman–Crippen MR) is 88.9 cm³/mol. The Morgan fingerprint density at radius 1 is 1.38 bits per heavy atom. The Labute approximate surface area is 140 Å². The fraction of sp³-hybridized carbons (Fsp3) is 0.412. The van der Waals surface area contributed by atoms with E-state index in [1.807, 2.05) is 30.9 Å². The first-order chi connectivity index (χ1) is 11.6. The topological polar surface area (TPSA) is 86.8 Å². The number of carbonyl (C=O) groups excluding carboxylic acids is 1. The number of hydrogen-bond donors (Lipinski definition) is 1. The lowest BCUT2D eigenvalue weighted by Gasteiger charge is -2.38. The number of anilines is 1. The van der Waals surface area contributed by atoms with Gasteiger partial charge in [0.1, 0.15) is 11.9 Å². The van der Waals surface area contributed by atoms with Crippen molar-refractivity contribution in [2.24, 2.45) is 13.0 Å². The van der Waals surface area contributed by atoms with Crippen LogP contribution >= 0.6 is 0 Å². The maximum atomic E-state index is 12.1. The van der Waals surface area contributed by atoms with E-state index in [0.29, 0.717) is 18.7 Å². The molecule has 2 atom stereocenters. The highest BCUT2D eigenvalue weighted by molar-refractivity contribution is 5.77. The highest BCUT2D eigenvalue weighted by Crippen LogP contribution is 2.35. The first kappa shape index (κ1) is 16.0. The Bertz CT molecular complexity index is 777. The molecule has 3 heterocycles. The van der Waals surface area contributed by atoms with Gasteiger partial charge in [0.25, 0.3) is 0 Å². The normalized spacial score (nSPS) is 20.7. The molecule has 3 rings (SSSR count). The number of aromatic nitrogens is 3. The van der Waals surface area contributed by atoms with Crippen LogP contribution in [0.25, 0.3) is 0 Å². The smallest absolute Gasteiger partial charge is 0.222 e. The van der Waals surface area contributed by atoms with Gasteiger partial charge in [0.2, 0.25) is 5.91 Å². The zero-order valence-corrected chi connectivity index (χ0v) is 13.8. The molecule has 1 aliphatic rings. The molecule has 0 saturated carbocycles. The number of imidazole rings is 1. The summed E-state index contributed by atoms with van der Waals surface area (Å²) in [6.07, 6.45) is 6.56. The minimum absolute atomic E-state index is 0.0824. The summed E-state index contributed by atoms with van der Waals surface area (Å²) in [7, 11) is 3.77. The third-order valence-corrected chi connectivity index (χ3v) is 4.58. The van der Waals surface area contributed by atoms with Crippen molar-refractivity contribution in [2.75, 3.05) is 18.9 Å². The molecule has 1 aliphatic heterocycles. The lowest BCUT2D eigenvalue weighted by molar-refractivity contribution is -0.137. The van der Waals surface area contributed by atoms with Crippen LogP contribution in [0.5, 0.6) is 0 Å². The number of nitrogens with one attached hydrogen (secondary N) is 1. The van der Waals surface area contributed by atoms with Crippen molar-refractivity contribution in [3.05, 3.63) is 42.2 Å². The number of nitriles is 1. The molecular formula is C17H20N6O. The largest absolute Gasteiger partial charge is 0.382 e. The molecule has 0 bridgehead atoms. The molecule has 124 valence electrons. The first-order valence-electron chi connectivity index (χ1n) is 7.93. The van der Waals surface area contributed by atoms with Crippen molar-refractivity contribution in [3.8, 4) is 6.07 Å². The van der Waals surface area contributed by atoms with Crippen molar-refractivity contribution < 1.29 is 4.79 Å². The van der Waals surface area contributed by atoms with Gasteiger partial charge in [-0.1, -0.05) is 0 Å². The van der Waals surface area contributed by atoms with Gasteiger partial charge in [-0.2, -0.15) is 5.26 Å². The van der Waals surface area contributed by atoms with Crippen LogP contribution in [-0.4, -0.2) is 38.9 Å². The summed E-state index contributed by atoms with van der Waals surface area (Å²) in [5, 5.41) is 12.5. The van der Waals surface area contributed by atoms with Crippen molar-refractivity contribution in [3.63, 3.8) is 0 Å². The highest BCUT2D eigenvalue weighted by Gasteiger charge is 2.36. The fourth-order valence-electron chi connectivity index (χ4n) is 3.25. The predicted octanol–water partition coefficient (Wildman–Crippen LogP) is 1.71. The standard InChI is InChI=1S/C17H20N6O/c1-22-9-8-20-17(22)16-12(5-6-15(24)23(16)2)11-21-13-4-3-7-19-14(13)10-18/h3-4,7-9,12,16,21H,5-6,11H2,1-2H3/t12-,16+/m1/s1. The second-order valence-electron chi connectivity index (χ2n) is 6.04. The molecule has 1 fully saturated rings. The number of amides is 1. The molecule has 7 heteroatoms. The van der Waals surface area contributed by atoms with E-state index in [1.165, 1.54) is 0 Å². The van der Waals surface area contributed by atoms with Crippen LogP contribution in [0.2, 0.25) is 0 Å². The molecule has 24 heavy (non-hydrogen) atoms. The summed E-state index contributed by atoms with van der Waals surface area (Å²) in [4.78, 5) is 22.4. The third-order valence-electron chi connectivity index (χ3n) is 4.58.